The minimum atomic E-state index is 0.405. The maximum Gasteiger partial charge on any atom is 0.0857 e. The predicted octanol–water partition coefficient (Wildman–Crippen LogP) is 2.81. The van der Waals surface area contributed by atoms with Gasteiger partial charge in [-0.15, -0.1) is 0 Å². The van der Waals surface area contributed by atoms with Crippen LogP contribution in [0, 0.1) is 5.92 Å². The molecule has 0 aromatic carbocycles. The lowest BCUT2D eigenvalue weighted by atomic mass is 10.0. The molecule has 0 radical (unpaired) electrons. The smallest absolute Gasteiger partial charge is 0.0857 e. The van der Waals surface area contributed by atoms with E-state index in [4.69, 9.17) is 5.26 Å². The molecule has 0 heterocycles. The number of unbranched alkanes of at least 4 members (excludes halogenated alkanes) is 2. The minimum absolute atomic E-state index is 0.405. The Morgan fingerprint density at radius 2 is 1.87 bits per heavy atom. The van der Waals surface area contributed by atoms with E-state index in [1.54, 1.807) is 0 Å². The van der Waals surface area contributed by atoms with Gasteiger partial charge in [-0.3, -0.25) is 0 Å². The molecule has 0 fully saturated rings. The Balaban J connectivity index is 3.06. The standard InChI is InChI=1S/C9H20O6/c1-3-4-5-6-9(2)7-8-11-13-15-14-12-10/h9-10H,3-8H2,1-2H3. The maximum atomic E-state index is 7.65. The first-order valence-corrected chi connectivity index (χ1v) is 5.24. The van der Waals surface area contributed by atoms with Crippen molar-refractivity contribution in [1.82, 2.24) is 0 Å². The van der Waals surface area contributed by atoms with Crippen molar-refractivity contribution in [2.75, 3.05) is 6.61 Å². The van der Waals surface area contributed by atoms with Crippen molar-refractivity contribution in [3.05, 3.63) is 0 Å². The molecule has 1 atom stereocenters. The van der Waals surface area contributed by atoms with Crippen LogP contribution in [0.2, 0.25) is 0 Å². The van der Waals surface area contributed by atoms with Gasteiger partial charge in [0.25, 0.3) is 0 Å². The third-order valence-electron chi connectivity index (χ3n) is 2.13. The summed E-state index contributed by atoms with van der Waals surface area (Å²) in [5, 5.41) is 22.1. The van der Waals surface area contributed by atoms with Gasteiger partial charge in [-0.2, -0.15) is 0 Å². The SMILES string of the molecule is CCCCCC(C)CCOOOOOO. The summed E-state index contributed by atoms with van der Waals surface area (Å²) in [6.07, 6.45) is 5.82. The number of hydrogen-bond donors (Lipinski definition) is 1. The third kappa shape index (κ3) is 11.7. The van der Waals surface area contributed by atoms with Crippen molar-refractivity contribution in [3.63, 3.8) is 0 Å². The van der Waals surface area contributed by atoms with E-state index in [0.717, 1.165) is 6.42 Å². The molecule has 6 nitrogen and oxygen atoms in total. The molecular weight excluding hydrogens is 204 g/mol. The van der Waals surface area contributed by atoms with Crippen LogP contribution in [0.5, 0.6) is 0 Å². The summed E-state index contributed by atoms with van der Waals surface area (Å²) in [6.45, 7) is 4.75. The van der Waals surface area contributed by atoms with E-state index >= 15 is 0 Å². The van der Waals surface area contributed by atoms with Crippen molar-refractivity contribution in [2.45, 2.75) is 46.0 Å². The summed E-state index contributed by atoms with van der Waals surface area (Å²) < 4.78 is 0. The van der Waals surface area contributed by atoms with Gasteiger partial charge < -0.3 is 0 Å². The fourth-order valence-corrected chi connectivity index (χ4v) is 1.21. The average molecular weight is 224 g/mol. The largest absolute Gasteiger partial charge is 0.219 e. The van der Waals surface area contributed by atoms with Crippen molar-refractivity contribution >= 4 is 0 Å². The highest BCUT2D eigenvalue weighted by atomic mass is 17.8. The average Bonchev–Trinajstić information content (AvgIpc) is 2.23. The Hall–Kier alpha value is -0.240. The highest BCUT2D eigenvalue weighted by Gasteiger charge is 2.02. The van der Waals surface area contributed by atoms with Gasteiger partial charge in [0.15, 0.2) is 0 Å². The molecule has 0 aromatic rings. The second-order valence-electron chi connectivity index (χ2n) is 3.49. The van der Waals surface area contributed by atoms with E-state index in [0.29, 0.717) is 12.5 Å². The Morgan fingerprint density at radius 3 is 2.53 bits per heavy atom. The molecule has 0 aliphatic carbocycles. The lowest BCUT2D eigenvalue weighted by molar-refractivity contribution is -0.753. The summed E-state index contributed by atoms with van der Waals surface area (Å²) in [5.74, 6) is 0.593. The zero-order valence-electron chi connectivity index (χ0n) is 9.31. The summed E-state index contributed by atoms with van der Waals surface area (Å²) in [5.41, 5.74) is 0. The van der Waals surface area contributed by atoms with Gasteiger partial charge in [0.2, 0.25) is 0 Å². The lowest BCUT2D eigenvalue weighted by Gasteiger charge is -2.09. The molecule has 0 spiro atoms. The van der Waals surface area contributed by atoms with Crippen molar-refractivity contribution in [2.24, 2.45) is 5.92 Å². The van der Waals surface area contributed by atoms with E-state index in [1.165, 1.54) is 25.7 Å². The normalized spacial score (nSPS) is 13.0. The molecule has 0 rings (SSSR count). The van der Waals surface area contributed by atoms with Gasteiger partial charge in [0.1, 0.15) is 0 Å². The van der Waals surface area contributed by atoms with Crippen molar-refractivity contribution < 1.29 is 30.3 Å². The lowest BCUT2D eigenvalue weighted by Crippen LogP contribution is -2.04. The van der Waals surface area contributed by atoms with Crippen LogP contribution in [-0.2, 0) is 25.0 Å². The topological polar surface area (TPSA) is 66.4 Å². The van der Waals surface area contributed by atoms with Gasteiger partial charge in [-0.25, -0.2) is 10.1 Å². The monoisotopic (exact) mass is 224 g/mol. The summed E-state index contributed by atoms with van der Waals surface area (Å²) in [7, 11) is 0. The molecule has 0 amide bonds. The first-order valence-electron chi connectivity index (χ1n) is 5.24. The Labute approximate surface area is 89.7 Å². The van der Waals surface area contributed by atoms with Gasteiger partial charge in [0, 0.05) is 0 Å². The Kier molecular flexibility index (Phi) is 11.6. The molecule has 0 aliphatic rings. The van der Waals surface area contributed by atoms with Crippen LogP contribution < -0.4 is 0 Å². The quantitative estimate of drug-likeness (QED) is 0.330. The molecule has 0 saturated carbocycles. The van der Waals surface area contributed by atoms with Gasteiger partial charge in [0.05, 0.1) is 6.61 Å². The van der Waals surface area contributed by atoms with Crippen molar-refractivity contribution in [1.29, 1.82) is 0 Å². The first kappa shape index (κ1) is 14.8. The van der Waals surface area contributed by atoms with Crippen LogP contribution in [0.15, 0.2) is 0 Å². The molecule has 92 valence electrons. The van der Waals surface area contributed by atoms with Crippen LogP contribution in [-0.4, -0.2) is 11.9 Å². The molecule has 0 bridgehead atoms. The highest BCUT2D eigenvalue weighted by Crippen LogP contribution is 2.12. The van der Waals surface area contributed by atoms with Crippen LogP contribution in [0.3, 0.4) is 0 Å². The minimum Gasteiger partial charge on any atom is -0.219 e. The Bertz CT molecular complexity index is 121. The molecule has 6 heteroatoms. The van der Waals surface area contributed by atoms with Gasteiger partial charge >= 0.3 is 0 Å². The molecule has 15 heavy (non-hydrogen) atoms. The summed E-state index contributed by atoms with van der Waals surface area (Å²) in [6, 6.07) is 0. The molecule has 1 N–H and O–H groups in total. The van der Waals surface area contributed by atoms with Crippen LogP contribution in [0.4, 0.5) is 0 Å². The van der Waals surface area contributed by atoms with Gasteiger partial charge in [-0.1, -0.05) is 39.5 Å². The summed E-state index contributed by atoms with van der Waals surface area (Å²) in [4.78, 5) is 4.57. The molecule has 0 aliphatic heterocycles. The molecule has 0 saturated heterocycles. The van der Waals surface area contributed by atoms with E-state index in [2.05, 4.69) is 38.9 Å². The predicted molar refractivity (Wildman–Crippen MR) is 50.8 cm³/mol. The van der Waals surface area contributed by atoms with Crippen LogP contribution >= 0.6 is 0 Å². The van der Waals surface area contributed by atoms with Crippen LogP contribution in [0.1, 0.15) is 46.0 Å². The fourth-order valence-electron chi connectivity index (χ4n) is 1.21. The van der Waals surface area contributed by atoms with Crippen molar-refractivity contribution in [3.8, 4) is 0 Å². The van der Waals surface area contributed by atoms with E-state index in [9.17, 15) is 0 Å². The maximum absolute atomic E-state index is 7.65. The van der Waals surface area contributed by atoms with E-state index in [1.807, 2.05) is 0 Å². The summed E-state index contributed by atoms with van der Waals surface area (Å²) >= 11 is 0. The zero-order valence-corrected chi connectivity index (χ0v) is 9.31. The first-order chi connectivity index (χ1) is 7.31. The van der Waals surface area contributed by atoms with Crippen LogP contribution in [0.25, 0.3) is 0 Å². The van der Waals surface area contributed by atoms with Gasteiger partial charge in [-0.05, 0) is 32.5 Å². The van der Waals surface area contributed by atoms with E-state index in [-0.39, 0.29) is 0 Å². The molecule has 1 unspecified atom stereocenters. The van der Waals surface area contributed by atoms with E-state index < -0.39 is 0 Å². The molecule has 0 aromatic heterocycles. The Morgan fingerprint density at radius 1 is 1.07 bits per heavy atom. The second kappa shape index (κ2) is 11.8. The zero-order chi connectivity index (χ0) is 11.4. The number of rotatable bonds is 11. The highest BCUT2D eigenvalue weighted by molar-refractivity contribution is 4.52. The second-order valence-corrected chi connectivity index (χ2v) is 3.49. The third-order valence-corrected chi connectivity index (χ3v) is 2.13. The fraction of sp³-hybridized carbons (Fsp3) is 1.00. The number of hydrogen-bond acceptors (Lipinski definition) is 6. The molecular formula is C9H20O6.